The second-order valence-corrected chi connectivity index (χ2v) is 10.6. The van der Waals surface area contributed by atoms with Gasteiger partial charge in [-0.25, -0.2) is 0 Å². The summed E-state index contributed by atoms with van der Waals surface area (Å²) in [6, 6.07) is 0. The van der Waals surface area contributed by atoms with Crippen LogP contribution in [0, 0.1) is 17.8 Å². The van der Waals surface area contributed by atoms with Crippen LogP contribution >= 0.6 is 0 Å². The van der Waals surface area contributed by atoms with Gasteiger partial charge < -0.3 is 9.84 Å². The van der Waals surface area contributed by atoms with E-state index in [1.807, 2.05) is 0 Å². The molecule has 0 bridgehead atoms. The van der Waals surface area contributed by atoms with Gasteiger partial charge in [0.15, 0.2) is 0 Å². The highest BCUT2D eigenvalue weighted by Gasteiger charge is 2.31. The number of hydrogen-bond donors (Lipinski definition) is 1. The minimum Gasteiger partial charge on any atom is -0.481 e. The lowest BCUT2D eigenvalue weighted by molar-refractivity contribution is -0.158. The highest BCUT2D eigenvalue weighted by Crippen LogP contribution is 2.30. The van der Waals surface area contributed by atoms with E-state index in [1.54, 1.807) is 0 Å². The lowest BCUT2D eigenvalue weighted by Crippen LogP contribution is -2.29. The molecule has 1 saturated carbocycles. The zero-order valence-corrected chi connectivity index (χ0v) is 21.4. The van der Waals surface area contributed by atoms with Crippen molar-refractivity contribution in [3.05, 3.63) is 0 Å². The molecule has 1 aliphatic carbocycles. The molecule has 1 atom stereocenters. The molecule has 32 heavy (non-hydrogen) atoms. The maximum absolute atomic E-state index is 12.7. The summed E-state index contributed by atoms with van der Waals surface area (Å²) in [4.78, 5) is 23.9. The molecule has 0 aliphatic heterocycles. The van der Waals surface area contributed by atoms with E-state index in [0.717, 1.165) is 31.6 Å². The van der Waals surface area contributed by atoms with Crippen LogP contribution in [0.4, 0.5) is 0 Å². The summed E-state index contributed by atoms with van der Waals surface area (Å²) in [6.07, 6.45) is 21.3. The van der Waals surface area contributed by atoms with E-state index >= 15 is 0 Å². The van der Waals surface area contributed by atoms with Crippen molar-refractivity contribution < 1.29 is 19.4 Å². The summed E-state index contributed by atoms with van der Waals surface area (Å²) in [5.74, 6) is -0.452. The number of carboxylic acids is 1. The second-order valence-electron chi connectivity index (χ2n) is 10.6. The number of carbonyl (C=O) groups is 2. The van der Waals surface area contributed by atoms with Gasteiger partial charge in [-0.05, 0) is 57.3 Å². The Labute approximate surface area is 198 Å². The van der Waals surface area contributed by atoms with Crippen LogP contribution in [0.5, 0.6) is 0 Å². The van der Waals surface area contributed by atoms with Gasteiger partial charge in [-0.15, -0.1) is 0 Å². The lowest BCUT2D eigenvalue weighted by Gasteiger charge is -2.27. The highest BCUT2D eigenvalue weighted by molar-refractivity contribution is 5.74. The molecule has 0 radical (unpaired) electrons. The molecule has 1 rings (SSSR count). The maximum Gasteiger partial charge on any atom is 0.309 e. The van der Waals surface area contributed by atoms with E-state index in [0.29, 0.717) is 25.7 Å². The summed E-state index contributed by atoms with van der Waals surface area (Å²) >= 11 is 0. The van der Waals surface area contributed by atoms with Crippen molar-refractivity contribution in [2.24, 2.45) is 17.8 Å². The van der Waals surface area contributed by atoms with E-state index in [1.165, 1.54) is 70.6 Å². The normalized spacial score (nSPS) is 19.8. The Morgan fingerprint density at radius 3 is 1.66 bits per heavy atom. The molecule has 4 nitrogen and oxygen atoms in total. The number of esters is 1. The average Bonchev–Trinajstić information content (AvgIpc) is 2.77. The zero-order valence-electron chi connectivity index (χ0n) is 21.4. The summed E-state index contributed by atoms with van der Waals surface area (Å²) in [5.41, 5.74) is 0. The van der Waals surface area contributed by atoms with Gasteiger partial charge in [-0.3, -0.25) is 9.59 Å². The topological polar surface area (TPSA) is 63.6 Å². The third-order valence-corrected chi connectivity index (χ3v) is 7.13. The quantitative estimate of drug-likeness (QED) is 0.158. The van der Waals surface area contributed by atoms with Crippen molar-refractivity contribution in [2.45, 2.75) is 149 Å². The van der Waals surface area contributed by atoms with Gasteiger partial charge in [-0.1, -0.05) is 91.4 Å². The van der Waals surface area contributed by atoms with Crippen LogP contribution in [0.15, 0.2) is 0 Å². The number of ether oxygens (including phenoxy) is 1. The van der Waals surface area contributed by atoms with Gasteiger partial charge >= 0.3 is 11.9 Å². The number of hydrogen-bond acceptors (Lipinski definition) is 3. The molecule has 188 valence electrons. The number of carboxylic acid groups (broad SMARTS) is 1. The van der Waals surface area contributed by atoms with Gasteiger partial charge in [-0.2, -0.15) is 0 Å². The van der Waals surface area contributed by atoms with Gasteiger partial charge in [0.2, 0.25) is 0 Å². The lowest BCUT2D eigenvalue weighted by atomic mass is 9.82. The molecule has 0 saturated heterocycles. The van der Waals surface area contributed by atoms with Gasteiger partial charge in [0.25, 0.3) is 0 Å². The van der Waals surface area contributed by atoms with Crippen LogP contribution < -0.4 is 0 Å². The largest absolute Gasteiger partial charge is 0.481 e. The predicted molar refractivity (Wildman–Crippen MR) is 133 cm³/mol. The fraction of sp³-hybridized carbons (Fsp3) is 0.929. The average molecular weight is 453 g/mol. The molecule has 1 aliphatic rings. The molecule has 0 aromatic carbocycles. The number of unbranched alkanes of at least 4 members (excludes halogenated alkanes) is 10. The van der Waals surface area contributed by atoms with Crippen LogP contribution in [0.25, 0.3) is 0 Å². The van der Waals surface area contributed by atoms with Crippen molar-refractivity contribution in [2.75, 3.05) is 0 Å². The number of carbonyl (C=O) groups excluding carboxylic acids is 1. The summed E-state index contributed by atoms with van der Waals surface area (Å²) in [7, 11) is 0. The fourth-order valence-corrected chi connectivity index (χ4v) is 4.88. The number of rotatable bonds is 19. The minimum absolute atomic E-state index is 0.0425. The smallest absolute Gasteiger partial charge is 0.309 e. The molecular formula is C28H52O4. The predicted octanol–water partition coefficient (Wildman–Crippen LogP) is 8.32. The molecule has 1 N–H and O–H groups in total. The van der Waals surface area contributed by atoms with E-state index in [-0.39, 0.29) is 23.9 Å². The number of aliphatic carboxylic acids is 1. The van der Waals surface area contributed by atoms with E-state index in [4.69, 9.17) is 4.74 Å². The van der Waals surface area contributed by atoms with Crippen molar-refractivity contribution in [1.29, 1.82) is 0 Å². The standard InChI is InChI=1S/C28H52O4/c1-4-5-6-7-8-9-10-11-12-13-17-26(18-15-14-16-23(2)3)32-28(31)25-21-19-24(20-22-25)27(29)30/h23-26H,4-22H2,1-3H3,(H,29,30). The third-order valence-electron chi connectivity index (χ3n) is 7.13. The minimum atomic E-state index is -0.721. The second kappa shape index (κ2) is 18.4. The first kappa shape index (κ1) is 29.0. The highest BCUT2D eigenvalue weighted by atomic mass is 16.5. The Balaban J connectivity index is 2.29. The Morgan fingerprint density at radius 1 is 0.719 bits per heavy atom. The van der Waals surface area contributed by atoms with E-state index in [2.05, 4.69) is 20.8 Å². The first-order chi connectivity index (χ1) is 15.4. The van der Waals surface area contributed by atoms with Crippen LogP contribution in [-0.2, 0) is 14.3 Å². The Morgan fingerprint density at radius 2 is 1.16 bits per heavy atom. The molecule has 1 fully saturated rings. The first-order valence-electron chi connectivity index (χ1n) is 13.9. The van der Waals surface area contributed by atoms with Crippen LogP contribution in [0.3, 0.4) is 0 Å². The van der Waals surface area contributed by atoms with Crippen molar-refractivity contribution >= 4 is 11.9 Å². The Bertz CT molecular complexity index is 480. The van der Waals surface area contributed by atoms with Crippen molar-refractivity contribution in [3.63, 3.8) is 0 Å². The monoisotopic (exact) mass is 452 g/mol. The van der Waals surface area contributed by atoms with Crippen molar-refractivity contribution in [3.8, 4) is 0 Å². The van der Waals surface area contributed by atoms with E-state index in [9.17, 15) is 14.7 Å². The van der Waals surface area contributed by atoms with Gasteiger partial charge in [0, 0.05) is 0 Å². The van der Waals surface area contributed by atoms with Gasteiger partial charge in [0.1, 0.15) is 6.10 Å². The summed E-state index contributed by atoms with van der Waals surface area (Å²) < 4.78 is 5.99. The fourth-order valence-electron chi connectivity index (χ4n) is 4.88. The Kier molecular flexibility index (Phi) is 16.6. The first-order valence-corrected chi connectivity index (χ1v) is 13.9. The summed E-state index contributed by atoms with van der Waals surface area (Å²) in [6.45, 7) is 6.78. The van der Waals surface area contributed by atoms with Crippen LogP contribution in [0.1, 0.15) is 143 Å². The molecule has 0 aromatic rings. The zero-order chi connectivity index (χ0) is 23.6. The molecule has 0 spiro atoms. The molecule has 1 unspecified atom stereocenters. The third kappa shape index (κ3) is 14.2. The van der Waals surface area contributed by atoms with Crippen LogP contribution in [0.2, 0.25) is 0 Å². The molecular weight excluding hydrogens is 400 g/mol. The maximum atomic E-state index is 12.7. The SMILES string of the molecule is CCCCCCCCCCCCC(CCCCC(C)C)OC(=O)C1CCC(C(=O)O)CC1. The van der Waals surface area contributed by atoms with Crippen LogP contribution in [-0.4, -0.2) is 23.1 Å². The molecule has 4 heteroatoms. The Hall–Kier alpha value is -1.06. The summed E-state index contributed by atoms with van der Waals surface area (Å²) in [5, 5.41) is 9.17. The molecule has 0 aromatic heterocycles. The molecule has 0 amide bonds. The molecule has 0 heterocycles. The van der Waals surface area contributed by atoms with Gasteiger partial charge in [0.05, 0.1) is 11.8 Å². The van der Waals surface area contributed by atoms with E-state index < -0.39 is 5.97 Å². The van der Waals surface area contributed by atoms with Crippen molar-refractivity contribution in [1.82, 2.24) is 0 Å².